The third-order valence-electron chi connectivity index (χ3n) is 5.59. The highest BCUT2D eigenvalue weighted by Gasteiger charge is 2.23. The normalized spacial score (nSPS) is 14.0. The Kier molecular flexibility index (Phi) is 5.37. The van der Waals surface area contributed by atoms with Crippen LogP contribution in [-0.4, -0.2) is 23.6 Å². The molecule has 0 saturated heterocycles. The van der Waals surface area contributed by atoms with E-state index in [4.69, 9.17) is 23.2 Å². The lowest BCUT2D eigenvalue weighted by atomic mass is 10.1. The quantitative estimate of drug-likeness (QED) is 0.639. The van der Waals surface area contributed by atoms with Crippen LogP contribution in [0.3, 0.4) is 0 Å². The number of aromatic nitrogens is 1. The zero-order valence-electron chi connectivity index (χ0n) is 16.0. The first-order chi connectivity index (χ1) is 13.5. The molecule has 0 atom stereocenters. The lowest BCUT2D eigenvalue weighted by Gasteiger charge is -2.14. The van der Waals surface area contributed by atoms with Gasteiger partial charge < -0.3 is 15.2 Å². The number of rotatable bonds is 3. The predicted molar refractivity (Wildman–Crippen MR) is 117 cm³/mol. The fraction of sp³-hybridized carbons (Fsp3) is 0.318. The summed E-state index contributed by atoms with van der Waals surface area (Å²) >= 11 is 13.1. The molecule has 0 bridgehead atoms. The van der Waals surface area contributed by atoms with Gasteiger partial charge in [-0.25, -0.2) is 0 Å². The number of benzene rings is 2. The zero-order chi connectivity index (χ0) is 19.8. The van der Waals surface area contributed by atoms with Gasteiger partial charge in [0.1, 0.15) is 6.54 Å². The van der Waals surface area contributed by atoms with Gasteiger partial charge in [0.25, 0.3) is 0 Å². The van der Waals surface area contributed by atoms with Crippen LogP contribution in [0.5, 0.6) is 0 Å². The van der Waals surface area contributed by atoms with Crippen molar-refractivity contribution in [3.05, 3.63) is 62.8 Å². The number of carbonyl (C=O) groups is 1. The Bertz CT molecular complexity index is 1070. The van der Waals surface area contributed by atoms with E-state index in [1.807, 2.05) is 48.7 Å². The van der Waals surface area contributed by atoms with E-state index in [1.165, 1.54) is 5.56 Å². The highest BCUT2D eigenvalue weighted by Crippen LogP contribution is 2.37. The van der Waals surface area contributed by atoms with Crippen molar-refractivity contribution in [2.24, 2.45) is 0 Å². The Morgan fingerprint density at radius 2 is 1.86 bits per heavy atom. The van der Waals surface area contributed by atoms with Crippen LogP contribution in [0.15, 0.2) is 30.3 Å². The molecule has 3 aromatic rings. The number of nitrogens with one attached hydrogen (secondary N) is 2. The molecular formula is C22H23Cl2N3O. The molecule has 0 fully saturated rings. The number of amides is 1. The van der Waals surface area contributed by atoms with Crippen molar-refractivity contribution in [3.8, 4) is 0 Å². The van der Waals surface area contributed by atoms with Crippen molar-refractivity contribution in [1.29, 1.82) is 0 Å². The van der Waals surface area contributed by atoms with Gasteiger partial charge in [0, 0.05) is 29.7 Å². The smallest absolute Gasteiger partial charge is 0.244 e. The topological polar surface area (TPSA) is 46.1 Å². The van der Waals surface area contributed by atoms with Crippen molar-refractivity contribution in [2.45, 2.75) is 33.2 Å². The monoisotopic (exact) mass is 415 g/mol. The largest absolute Gasteiger partial charge is 0.334 e. The zero-order valence-corrected chi connectivity index (χ0v) is 17.5. The summed E-state index contributed by atoms with van der Waals surface area (Å²) in [5.41, 5.74) is 6.28. The number of hydrogen-bond donors (Lipinski definition) is 2. The van der Waals surface area contributed by atoms with Crippen LogP contribution in [0.4, 0.5) is 5.69 Å². The highest BCUT2D eigenvalue weighted by atomic mass is 35.5. The summed E-state index contributed by atoms with van der Waals surface area (Å²) in [4.78, 5) is 12.9. The van der Waals surface area contributed by atoms with Crippen LogP contribution < -0.4 is 10.6 Å². The van der Waals surface area contributed by atoms with Gasteiger partial charge in [-0.15, -0.1) is 0 Å². The molecular weight excluding hydrogens is 393 g/mol. The average molecular weight is 416 g/mol. The minimum Gasteiger partial charge on any atom is -0.334 e. The highest BCUT2D eigenvalue weighted by molar-refractivity contribution is 6.40. The first-order valence-corrected chi connectivity index (χ1v) is 10.3. The van der Waals surface area contributed by atoms with E-state index in [9.17, 15) is 4.79 Å². The summed E-state index contributed by atoms with van der Waals surface area (Å²) in [5, 5.41) is 8.77. The van der Waals surface area contributed by atoms with Crippen molar-refractivity contribution in [2.75, 3.05) is 18.4 Å². The maximum atomic E-state index is 12.9. The van der Waals surface area contributed by atoms with Crippen molar-refractivity contribution < 1.29 is 4.79 Å². The molecule has 2 N–H and O–H groups in total. The van der Waals surface area contributed by atoms with Gasteiger partial charge >= 0.3 is 0 Å². The van der Waals surface area contributed by atoms with Gasteiger partial charge in [0.05, 0.1) is 15.6 Å². The second-order valence-electron chi connectivity index (χ2n) is 7.31. The van der Waals surface area contributed by atoms with Gasteiger partial charge in [0.2, 0.25) is 5.91 Å². The molecule has 2 heterocycles. The Balaban J connectivity index is 1.76. The number of halogens is 2. The van der Waals surface area contributed by atoms with Crippen LogP contribution in [0.25, 0.3) is 10.9 Å². The molecule has 28 heavy (non-hydrogen) atoms. The summed E-state index contributed by atoms with van der Waals surface area (Å²) < 4.78 is 2.05. The third kappa shape index (κ3) is 3.41. The second-order valence-corrected chi connectivity index (χ2v) is 8.12. The average Bonchev–Trinajstić information content (AvgIpc) is 2.81. The van der Waals surface area contributed by atoms with Gasteiger partial charge in [-0.2, -0.15) is 0 Å². The van der Waals surface area contributed by atoms with E-state index >= 15 is 0 Å². The number of hydrogen-bond acceptors (Lipinski definition) is 2. The molecule has 4 nitrogen and oxygen atoms in total. The van der Waals surface area contributed by atoms with Gasteiger partial charge in [-0.1, -0.05) is 35.3 Å². The van der Waals surface area contributed by atoms with E-state index in [-0.39, 0.29) is 12.5 Å². The van der Waals surface area contributed by atoms with Crippen molar-refractivity contribution in [1.82, 2.24) is 9.88 Å². The molecule has 0 saturated carbocycles. The lowest BCUT2D eigenvalue weighted by molar-refractivity contribution is -0.116. The van der Waals surface area contributed by atoms with Crippen molar-refractivity contribution >= 4 is 45.7 Å². The number of fused-ring (bicyclic) bond motifs is 3. The molecule has 0 radical (unpaired) electrons. The Labute approximate surface area is 174 Å². The SMILES string of the molecule is Cc1cccc(NC(=O)Cn2c3c(c4c(Cl)ccc(Cl)c42)CCNCC3)c1C. The number of aryl methyl sites for hydroxylation is 1. The fourth-order valence-electron chi connectivity index (χ4n) is 4.03. The Morgan fingerprint density at radius 1 is 1.11 bits per heavy atom. The molecule has 0 unspecified atom stereocenters. The van der Waals surface area contributed by atoms with Crippen LogP contribution in [0, 0.1) is 13.8 Å². The maximum absolute atomic E-state index is 12.9. The van der Waals surface area contributed by atoms with E-state index < -0.39 is 0 Å². The van der Waals surface area contributed by atoms with Crippen LogP contribution >= 0.6 is 23.2 Å². The minimum atomic E-state index is -0.0679. The second kappa shape index (κ2) is 7.78. The predicted octanol–water partition coefficient (Wildman–Crippen LogP) is 4.89. The lowest BCUT2D eigenvalue weighted by Crippen LogP contribution is -2.22. The molecule has 1 aromatic heterocycles. The molecule has 2 aromatic carbocycles. The Morgan fingerprint density at radius 3 is 2.68 bits per heavy atom. The fourth-order valence-corrected chi connectivity index (χ4v) is 4.55. The summed E-state index contributed by atoms with van der Waals surface area (Å²) in [5.74, 6) is -0.0679. The van der Waals surface area contributed by atoms with Gasteiger partial charge in [-0.05, 0) is 61.7 Å². The number of nitrogens with zero attached hydrogens (tertiary/aromatic N) is 1. The first-order valence-electron chi connectivity index (χ1n) is 9.52. The van der Waals surface area contributed by atoms with Crippen LogP contribution in [0.1, 0.15) is 22.4 Å². The van der Waals surface area contributed by atoms with Crippen LogP contribution in [-0.2, 0) is 24.2 Å². The molecule has 1 aliphatic heterocycles. The molecule has 0 spiro atoms. The molecule has 146 valence electrons. The molecule has 4 rings (SSSR count). The summed E-state index contributed by atoms with van der Waals surface area (Å²) in [6.07, 6.45) is 1.71. The standard InChI is InChI=1S/C22H23Cl2N3O/c1-13-4-3-5-18(14(13)2)26-20(28)12-27-19-9-11-25-10-8-15(19)21-16(23)6-7-17(24)22(21)27/h3-7,25H,8-12H2,1-2H3,(H,26,28). The molecule has 6 heteroatoms. The number of anilines is 1. The van der Waals surface area contributed by atoms with Crippen LogP contribution in [0.2, 0.25) is 10.0 Å². The first kappa shape index (κ1) is 19.3. The van der Waals surface area contributed by atoms with E-state index in [2.05, 4.69) is 10.6 Å². The van der Waals surface area contributed by atoms with Gasteiger partial charge in [0.15, 0.2) is 0 Å². The van der Waals surface area contributed by atoms with Crippen molar-refractivity contribution in [3.63, 3.8) is 0 Å². The van der Waals surface area contributed by atoms with E-state index in [0.717, 1.165) is 59.3 Å². The number of carbonyl (C=O) groups excluding carboxylic acids is 1. The summed E-state index contributed by atoms with van der Waals surface area (Å²) in [7, 11) is 0. The molecule has 1 aliphatic rings. The van der Waals surface area contributed by atoms with E-state index in [0.29, 0.717) is 10.0 Å². The summed E-state index contributed by atoms with van der Waals surface area (Å²) in [6, 6.07) is 9.58. The van der Waals surface area contributed by atoms with Gasteiger partial charge in [-0.3, -0.25) is 4.79 Å². The third-order valence-corrected chi connectivity index (χ3v) is 6.21. The van der Waals surface area contributed by atoms with E-state index in [1.54, 1.807) is 0 Å². The molecule has 0 aliphatic carbocycles. The minimum absolute atomic E-state index is 0.0679. The Hall–Kier alpha value is -2.01. The summed E-state index contributed by atoms with van der Waals surface area (Å²) in [6.45, 7) is 6.03. The maximum Gasteiger partial charge on any atom is 0.244 e. The molecule has 1 amide bonds.